The van der Waals surface area contributed by atoms with Crippen molar-refractivity contribution in [2.75, 3.05) is 14.2 Å². The molecule has 6 rings (SSSR count). The molecule has 0 fully saturated rings. The third-order valence-electron chi connectivity index (χ3n) is 5.79. The Morgan fingerprint density at radius 1 is 0.909 bits per heavy atom. The van der Waals surface area contributed by atoms with E-state index in [1.165, 1.54) is 0 Å². The molecule has 3 aromatic carbocycles. The van der Waals surface area contributed by atoms with Gasteiger partial charge in [-0.05, 0) is 60.7 Å². The van der Waals surface area contributed by atoms with E-state index in [0.29, 0.717) is 0 Å². The lowest BCUT2D eigenvalue weighted by Gasteiger charge is -2.09. The van der Waals surface area contributed by atoms with Gasteiger partial charge in [-0.1, -0.05) is 0 Å². The van der Waals surface area contributed by atoms with Crippen LogP contribution in [0.1, 0.15) is 0 Å². The number of ether oxygens (including phenoxy) is 2. The Morgan fingerprint density at radius 3 is 2.52 bits per heavy atom. The SMILES string of the molecule is COc1ccc2nc(-c3ccc(-n4cncc4-c4c[nH]c5ccc(OC)cc45)cc3)sc2c1. The van der Waals surface area contributed by atoms with Crippen LogP contribution in [-0.2, 0) is 0 Å². The first-order valence-electron chi connectivity index (χ1n) is 10.5. The first kappa shape index (κ1) is 19.6. The number of hydrogen-bond donors (Lipinski definition) is 1. The summed E-state index contributed by atoms with van der Waals surface area (Å²) in [5.74, 6) is 1.67. The topological polar surface area (TPSA) is 65.0 Å². The number of aromatic nitrogens is 4. The highest BCUT2D eigenvalue weighted by molar-refractivity contribution is 7.21. The fraction of sp³-hybridized carbons (Fsp3) is 0.0769. The zero-order valence-corrected chi connectivity index (χ0v) is 18.9. The van der Waals surface area contributed by atoms with Crippen molar-refractivity contribution in [1.82, 2.24) is 19.5 Å². The number of thiazole rings is 1. The van der Waals surface area contributed by atoms with Crippen molar-refractivity contribution in [3.63, 3.8) is 0 Å². The van der Waals surface area contributed by atoms with Crippen LogP contribution in [0, 0.1) is 0 Å². The van der Waals surface area contributed by atoms with Gasteiger partial charge in [-0.3, -0.25) is 4.57 Å². The maximum Gasteiger partial charge on any atom is 0.124 e. The van der Waals surface area contributed by atoms with Crippen molar-refractivity contribution >= 4 is 32.5 Å². The lowest BCUT2D eigenvalue weighted by atomic mass is 10.1. The molecule has 0 spiro atoms. The van der Waals surface area contributed by atoms with Crippen LogP contribution < -0.4 is 9.47 Å². The van der Waals surface area contributed by atoms with Gasteiger partial charge in [0.25, 0.3) is 0 Å². The van der Waals surface area contributed by atoms with E-state index in [-0.39, 0.29) is 0 Å². The second-order valence-corrected chi connectivity index (χ2v) is 8.69. The van der Waals surface area contributed by atoms with Crippen molar-refractivity contribution in [2.45, 2.75) is 0 Å². The lowest BCUT2D eigenvalue weighted by molar-refractivity contribution is 0.415. The summed E-state index contributed by atoms with van der Waals surface area (Å²) in [6, 6.07) is 20.4. The van der Waals surface area contributed by atoms with Gasteiger partial charge >= 0.3 is 0 Å². The van der Waals surface area contributed by atoms with Crippen molar-refractivity contribution in [3.8, 4) is 39.0 Å². The molecule has 33 heavy (non-hydrogen) atoms. The zero-order chi connectivity index (χ0) is 22.4. The van der Waals surface area contributed by atoms with Crippen molar-refractivity contribution in [1.29, 1.82) is 0 Å². The molecule has 0 unspecified atom stereocenters. The first-order chi connectivity index (χ1) is 16.2. The third kappa shape index (κ3) is 3.34. The van der Waals surface area contributed by atoms with Crippen LogP contribution in [0.3, 0.4) is 0 Å². The molecule has 0 aliphatic rings. The number of aromatic amines is 1. The quantitative estimate of drug-likeness (QED) is 0.333. The minimum absolute atomic E-state index is 0.826. The van der Waals surface area contributed by atoms with Crippen molar-refractivity contribution in [2.24, 2.45) is 0 Å². The molecule has 0 saturated carbocycles. The molecule has 7 heteroatoms. The minimum atomic E-state index is 0.826. The van der Waals surface area contributed by atoms with E-state index >= 15 is 0 Å². The van der Waals surface area contributed by atoms with Crippen LogP contribution in [-0.4, -0.2) is 33.7 Å². The monoisotopic (exact) mass is 452 g/mol. The molecule has 1 N–H and O–H groups in total. The van der Waals surface area contributed by atoms with Crippen LogP contribution in [0.15, 0.2) is 79.4 Å². The molecule has 162 valence electrons. The molecule has 3 heterocycles. The molecule has 6 nitrogen and oxygen atoms in total. The number of benzene rings is 3. The summed E-state index contributed by atoms with van der Waals surface area (Å²) in [5.41, 5.74) is 6.23. The highest BCUT2D eigenvalue weighted by atomic mass is 32.1. The molecule has 6 aromatic rings. The smallest absolute Gasteiger partial charge is 0.124 e. The maximum absolute atomic E-state index is 5.42. The number of methoxy groups -OCH3 is 2. The molecule has 0 radical (unpaired) electrons. The molecule has 0 aliphatic heterocycles. The minimum Gasteiger partial charge on any atom is -0.497 e. The fourth-order valence-corrected chi connectivity index (χ4v) is 5.06. The van der Waals surface area contributed by atoms with Crippen LogP contribution in [0.2, 0.25) is 0 Å². The summed E-state index contributed by atoms with van der Waals surface area (Å²) in [6.45, 7) is 0. The van der Waals surface area contributed by atoms with Gasteiger partial charge < -0.3 is 14.5 Å². The van der Waals surface area contributed by atoms with Crippen LogP contribution in [0.5, 0.6) is 11.5 Å². The molecular formula is C26H20N4O2S. The summed E-state index contributed by atoms with van der Waals surface area (Å²) < 4.78 is 14.0. The summed E-state index contributed by atoms with van der Waals surface area (Å²) in [7, 11) is 3.36. The van der Waals surface area contributed by atoms with E-state index in [1.807, 2.05) is 55.1 Å². The van der Waals surface area contributed by atoms with Gasteiger partial charge in [-0.15, -0.1) is 11.3 Å². The molecule has 0 saturated heterocycles. The summed E-state index contributed by atoms with van der Waals surface area (Å²) >= 11 is 1.66. The van der Waals surface area contributed by atoms with E-state index < -0.39 is 0 Å². The number of H-pyrrole nitrogens is 1. The van der Waals surface area contributed by atoms with Gasteiger partial charge in [-0.25, -0.2) is 9.97 Å². The Morgan fingerprint density at radius 2 is 1.70 bits per heavy atom. The van der Waals surface area contributed by atoms with Crippen LogP contribution >= 0.6 is 11.3 Å². The average molecular weight is 453 g/mol. The highest BCUT2D eigenvalue weighted by Gasteiger charge is 2.14. The number of nitrogens with zero attached hydrogens (tertiary/aromatic N) is 3. The average Bonchev–Trinajstić information content (AvgIpc) is 3.60. The van der Waals surface area contributed by atoms with Crippen LogP contribution in [0.4, 0.5) is 0 Å². The molecular weight excluding hydrogens is 432 g/mol. The largest absolute Gasteiger partial charge is 0.497 e. The second-order valence-electron chi connectivity index (χ2n) is 7.66. The van der Waals surface area contributed by atoms with Crippen molar-refractivity contribution < 1.29 is 9.47 Å². The third-order valence-corrected chi connectivity index (χ3v) is 6.86. The first-order valence-corrected chi connectivity index (χ1v) is 11.3. The number of hydrogen-bond acceptors (Lipinski definition) is 5. The Labute approximate surface area is 194 Å². The number of rotatable bonds is 5. The number of imidazole rings is 1. The molecule has 0 aliphatic carbocycles. The number of fused-ring (bicyclic) bond motifs is 2. The molecule has 0 bridgehead atoms. The predicted molar refractivity (Wildman–Crippen MR) is 133 cm³/mol. The Kier molecular flexibility index (Phi) is 4.62. The van der Waals surface area contributed by atoms with Gasteiger partial charge in [-0.2, -0.15) is 0 Å². The molecule has 0 atom stereocenters. The second kappa shape index (κ2) is 7.79. The van der Waals surface area contributed by atoms with Gasteiger partial charge in [0.1, 0.15) is 16.5 Å². The van der Waals surface area contributed by atoms with E-state index in [4.69, 9.17) is 14.5 Å². The van der Waals surface area contributed by atoms with E-state index in [1.54, 1.807) is 25.6 Å². The van der Waals surface area contributed by atoms with Crippen molar-refractivity contribution in [3.05, 3.63) is 79.4 Å². The predicted octanol–water partition coefficient (Wildman–Crippen LogP) is 6.31. The van der Waals surface area contributed by atoms with Crippen LogP contribution in [0.25, 0.3) is 48.6 Å². The Balaban J connectivity index is 1.37. The molecule has 3 aromatic heterocycles. The Hall–Kier alpha value is -4.10. The summed E-state index contributed by atoms with van der Waals surface area (Å²) in [6.07, 6.45) is 5.74. The van der Waals surface area contributed by atoms with E-state index in [2.05, 4.69) is 38.8 Å². The normalized spacial score (nSPS) is 11.3. The zero-order valence-electron chi connectivity index (χ0n) is 18.1. The summed E-state index contributed by atoms with van der Waals surface area (Å²) in [5, 5.41) is 2.08. The van der Waals surface area contributed by atoms with E-state index in [0.717, 1.165) is 60.1 Å². The maximum atomic E-state index is 5.42. The summed E-state index contributed by atoms with van der Waals surface area (Å²) in [4.78, 5) is 12.6. The van der Waals surface area contributed by atoms with E-state index in [9.17, 15) is 0 Å². The van der Waals surface area contributed by atoms with Gasteiger partial charge in [0, 0.05) is 33.9 Å². The standard InChI is InChI=1S/C26H20N4O2S/c1-31-18-7-9-22-20(11-18)21(13-28-22)24-14-27-15-30(24)17-5-3-16(4-6-17)26-29-23-10-8-19(32-2)12-25(23)33-26/h3-15,28H,1-2H3. The highest BCUT2D eigenvalue weighted by Crippen LogP contribution is 2.35. The Bertz CT molecular complexity index is 1590. The van der Waals surface area contributed by atoms with Gasteiger partial charge in [0.05, 0.1) is 42.7 Å². The van der Waals surface area contributed by atoms with Gasteiger partial charge in [0.15, 0.2) is 0 Å². The molecule has 0 amide bonds. The fourth-order valence-electron chi connectivity index (χ4n) is 4.06. The van der Waals surface area contributed by atoms with Gasteiger partial charge in [0.2, 0.25) is 0 Å². The lowest BCUT2D eigenvalue weighted by Crippen LogP contribution is -1.94. The number of nitrogens with one attached hydrogen (secondary N) is 1.